The molecular weight excluding hydrogens is 230 g/mol. The molecule has 17 heavy (non-hydrogen) atoms. The maximum Gasteiger partial charge on any atom is 0.0406 e. The molecule has 1 aromatic rings. The van der Waals surface area contributed by atoms with Crippen molar-refractivity contribution in [3.05, 3.63) is 34.9 Å². The number of hydrogen-bond acceptors (Lipinski definition) is 1. The van der Waals surface area contributed by atoms with Crippen LogP contribution in [0.15, 0.2) is 24.3 Å². The van der Waals surface area contributed by atoms with E-state index in [-0.39, 0.29) is 0 Å². The van der Waals surface area contributed by atoms with Crippen molar-refractivity contribution in [2.24, 2.45) is 5.41 Å². The number of rotatable bonds is 7. The van der Waals surface area contributed by atoms with Crippen LogP contribution in [0.4, 0.5) is 0 Å². The van der Waals surface area contributed by atoms with Crippen molar-refractivity contribution in [2.45, 2.75) is 40.0 Å². The van der Waals surface area contributed by atoms with Crippen LogP contribution in [0.3, 0.4) is 0 Å². The Morgan fingerprint density at radius 2 is 1.76 bits per heavy atom. The first-order chi connectivity index (χ1) is 8.03. The highest BCUT2D eigenvalue weighted by molar-refractivity contribution is 6.30. The van der Waals surface area contributed by atoms with Crippen LogP contribution < -0.4 is 5.32 Å². The van der Waals surface area contributed by atoms with Crippen LogP contribution in [0.2, 0.25) is 5.02 Å². The van der Waals surface area contributed by atoms with E-state index in [1.54, 1.807) is 0 Å². The Morgan fingerprint density at radius 1 is 1.12 bits per heavy atom. The first-order valence-corrected chi connectivity index (χ1v) is 6.86. The summed E-state index contributed by atoms with van der Waals surface area (Å²) in [6.45, 7) is 9.09. The van der Waals surface area contributed by atoms with Crippen LogP contribution in [-0.2, 0) is 6.42 Å². The summed E-state index contributed by atoms with van der Waals surface area (Å²) < 4.78 is 0. The highest BCUT2D eigenvalue weighted by Crippen LogP contribution is 2.26. The summed E-state index contributed by atoms with van der Waals surface area (Å²) in [7, 11) is 0. The van der Waals surface area contributed by atoms with Gasteiger partial charge in [-0.15, -0.1) is 0 Å². The molecule has 1 N–H and O–H groups in total. The highest BCUT2D eigenvalue weighted by Gasteiger charge is 2.17. The van der Waals surface area contributed by atoms with E-state index in [9.17, 15) is 0 Å². The van der Waals surface area contributed by atoms with Gasteiger partial charge in [0.05, 0.1) is 0 Å². The van der Waals surface area contributed by atoms with Crippen LogP contribution in [-0.4, -0.2) is 13.1 Å². The minimum absolute atomic E-state index is 0.342. The molecule has 1 nitrogen and oxygen atoms in total. The van der Waals surface area contributed by atoms with Crippen LogP contribution in [0.25, 0.3) is 0 Å². The molecule has 0 aliphatic rings. The smallest absolute Gasteiger partial charge is 0.0406 e. The summed E-state index contributed by atoms with van der Waals surface area (Å²) in [5, 5.41) is 4.28. The van der Waals surface area contributed by atoms with Gasteiger partial charge < -0.3 is 5.32 Å². The molecule has 1 rings (SSSR count). The van der Waals surface area contributed by atoms with Gasteiger partial charge in [-0.2, -0.15) is 0 Å². The van der Waals surface area contributed by atoms with E-state index in [2.05, 4.69) is 38.2 Å². The molecule has 0 radical (unpaired) electrons. The van der Waals surface area contributed by atoms with E-state index in [0.29, 0.717) is 5.41 Å². The Labute approximate surface area is 111 Å². The number of halogens is 1. The fourth-order valence-corrected chi connectivity index (χ4v) is 2.10. The van der Waals surface area contributed by atoms with E-state index >= 15 is 0 Å². The van der Waals surface area contributed by atoms with Crippen LogP contribution in [0, 0.1) is 5.41 Å². The average molecular weight is 254 g/mol. The van der Waals surface area contributed by atoms with Crippen molar-refractivity contribution < 1.29 is 0 Å². The quantitative estimate of drug-likeness (QED) is 0.715. The number of hydrogen-bond donors (Lipinski definition) is 1. The maximum atomic E-state index is 5.89. The second kappa shape index (κ2) is 7.03. The molecule has 0 unspecified atom stereocenters. The lowest BCUT2D eigenvalue weighted by Gasteiger charge is -2.25. The molecule has 0 aromatic heterocycles. The molecule has 0 saturated carbocycles. The third-order valence-electron chi connectivity index (χ3n) is 3.00. The summed E-state index contributed by atoms with van der Waals surface area (Å²) in [4.78, 5) is 0. The van der Waals surface area contributed by atoms with E-state index in [4.69, 9.17) is 11.6 Å². The van der Waals surface area contributed by atoms with Crippen LogP contribution in [0.5, 0.6) is 0 Å². The molecule has 0 heterocycles. The van der Waals surface area contributed by atoms with Crippen molar-refractivity contribution in [2.75, 3.05) is 13.1 Å². The first-order valence-electron chi connectivity index (χ1n) is 6.49. The topological polar surface area (TPSA) is 12.0 Å². The van der Waals surface area contributed by atoms with Gasteiger partial charge in [0.2, 0.25) is 0 Å². The van der Waals surface area contributed by atoms with E-state index < -0.39 is 0 Å². The fraction of sp³-hybridized carbons (Fsp3) is 0.600. The van der Waals surface area contributed by atoms with Crippen molar-refractivity contribution in [1.29, 1.82) is 0 Å². The van der Waals surface area contributed by atoms with Crippen molar-refractivity contribution in [3.63, 3.8) is 0 Å². The van der Waals surface area contributed by atoms with Crippen molar-refractivity contribution >= 4 is 11.6 Å². The molecule has 0 aliphatic heterocycles. The first kappa shape index (κ1) is 14.5. The lowest BCUT2D eigenvalue weighted by molar-refractivity contribution is 0.325. The summed E-state index contributed by atoms with van der Waals surface area (Å²) in [5.41, 5.74) is 1.71. The lowest BCUT2D eigenvalue weighted by atomic mass is 9.82. The maximum absolute atomic E-state index is 5.89. The SMILES string of the molecule is CCCNCCC(C)(C)Cc1ccc(Cl)cc1. The molecule has 0 fully saturated rings. The van der Waals surface area contributed by atoms with Gasteiger partial charge in [-0.1, -0.05) is 44.5 Å². The van der Waals surface area contributed by atoms with Gasteiger partial charge >= 0.3 is 0 Å². The van der Waals surface area contributed by atoms with Gasteiger partial charge in [0.25, 0.3) is 0 Å². The minimum atomic E-state index is 0.342. The van der Waals surface area contributed by atoms with Gasteiger partial charge in [0.15, 0.2) is 0 Å². The molecule has 0 spiro atoms. The standard InChI is InChI=1S/C15H24ClN/c1-4-10-17-11-9-15(2,3)12-13-5-7-14(16)8-6-13/h5-8,17H,4,9-12H2,1-3H3. The summed E-state index contributed by atoms with van der Waals surface area (Å²) >= 11 is 5.89. The predicted molar refractivity (Wildman–Crippen MR) is 76.7 cm³/mol. The third-order valence-corrected chi connectivity index (χ3v) is 3.25. The Balaban J connectivity index is 2.40. The fourth-order valence-electron chi connectivity index (χ4n) is 1.97. The Bertz CT molecular complexity index is 316. The van der Waals surface area contributed by atoms with Crippen LogP contribution in [0.1, 0.15) is 39.2 Å². The minimum Gasteiger partial charge on any atom is -0.317 e. The van der Waals surface area contributed by atoms with E-state index in [1.165, 1.54) is 18.4 Å². The molecule has 0 atom stereocenters. The number of nitrogens with one attached hydrogen (secondary N) is 1. The summed E-state index contributed by atoms with van der Waals surface area (Å²) in [6.07, 6.45) is 3.52. The van der Waals surface area contributed by atoms with Crippen LogP contribution >= 0.6 is 11.6 Å². The Hall–Kier alpha value is -0.530. The average Bonchev–Trinajstić information content (AvgIpc) is 2.27. The zero-order chi connectivity index (χ0) is 12.7. The third kappa shape index (κ3) is 6.09. The van der Waals surface area contributed by atoms with Gasteiger partial charge in [-0.3, -0.25) is 0 Å². The molecule has 2 heteroatoms. The summed E-state index contributed by atoms with van der Waals surface area (Å²) in [5.74, 6) is 0. The van der Waals surface area contributed by atoms with Gasteiger partial charge in [-0.05, 0) is 55.5 Å². The summed E-state index contributed by atoms with van der Waals surface area (Å²) in [6, 6.07) is 8.21. The Morgan fingerprint density at radius 3 is 2.35 bits per heavy atom. The number of benzene rings is 1. The monoisotopic (exact) mass is 253 g/mol. The highest BCUT2D eigenvalue weighted by atomic mass is 35.5. The lowest BCUT2D eigenvalue weighted by Crippen LogP contribution is -2.24. The molecule has 1 aromatic carbocycles. The largest absolute Gasteiger partial charge is 0.317 e. The molecule has 0 amide bonds. The molecule has 96 valence electrons. The second-order valence-corrected chi connectivity index (χ2v) is 5.90. The normalized spacial score (nSPS) is 11.8. The van der Waals surface area contributed by atoms with Gasteiger partial charge in [0, 0.05) is 5.02 Å². The van der Waals surface area contributed by atoms with Crippen molar-refractivity contribution in [3.8, 4) is 0 Å². The van der Waals surface area contributed by atoms with E-state index in [0.717, 1.165) is 24.5 Å². The molecule has 0 aliphatic carbocycles. The molecule has 0 saturated heterocycles. The van der Waals surface area contributed by atoms with Crippen molar-refractivity contribution in [1.82, 2.24) is 5.32 Å². The second-order valence-electron chi connectivity index (χ2n) is 5.47. The van der Waals surface area contributed by atoms with E-state index in [1.807, 2.05) is 12.1 Å². The Kier molecular flexibility index (Phi) is 6.01. The zero-order valence-corrected chi connectivity index (χ0v) is 12.0. The zero-order valence-electron chi connectivity index (χ0n) is 11.2. The van der Waals surface area contributed by atoms with Gasteiger partial charge in [-0.25, -0.2) is 0 Å². The predicted octanol–water partition coefficient (Wildman–Crippen LogP) is 4.30. The van der Waals surface area contributed by atoms with Gasteiger partial charge in [0.1, 0.15) is 0 Å². The molecular formula is C15H24ClN. The molecule has 0 bridgehead atoms.